The summed E-state index contributed by atoms with van der Waals surface area (Å²) in [4.78, 5) is 12.3. The number of esters is 1. The van der Waals surface area contributed by atoms with E-state index in [0.29, 0.717) is 29.0 Å². The fraction of sp³-hybridized carbons (Fsp3) is 0.263. The quantitative estimate of drug-likeness (QED) is 0.509. The Kier molecular flexibility index (Phi) is 6.84. The summed E-state index contributed by atoms with van der Waals surface area (Å²) in [5.41, 5.74) is 1.23. The maximum Gasteiger partial charge on any atom is 0.315 e. The zero-order valence-corrected chi connectivity index (χ0v) is 15.6. The number of carbonyl (C=O) groups excluding carboxylic acids is 1. The average molecular weight is 404 g/mol. The van der Waals surface area contributed by atoms with Crippen molar-refractivity contribution in [2.24, 2.45) is 0 Å². The van der Waals surface area contributed by atoms with Gasteiger partial charge in [0, 0.05) is 6.07 Å². The minimum atomic E-state index is -0.421. The third-order valence-electron chi connectivity index (χ3n) is 3.24. The first-order valence-electron chi connectivity index (χ1n) is 7.86. The first kappa shape index (κ1) is 18.8. The van der Waals surface area contributed by atoms with Crippen molar-refractivity contribution in [3.63, 3.8) is 0 Å². The van der Waals surface area contributed by atoms with Crippen LogP contribution >= 0.6 is 15.9 Å². The van der Waals surface area contributed by atoms with E-state index in [1.54, 1.807) is 12.1 Å². The third kappa shape index (κ3) is 5.23. The maximum atomic E-state index is 12.3. The number of nitriles is 1. The lowest BCUT2D eigenvalue weighted by atomic mass is 10.1. The van der Waals surface area contributed by atoms with Crippen LogP contribution in [0.4, 0.5) is 0 Å². The number of hydrogen-bond acceptors (Lipinski definition) is 5. The van der Waals surface area contributed by atoms with Gasteiger partial charge >= 0.3 is 5.97 Å². The normalized spacial score (nSPS) is 10.0. The molecule has 25 heavy (non-hydrogen) atoms. The molecular weight excluding hydrogens is 386 g/mol. The van der Waals surface area contributed by atoms with Crippen LogP contribution in [0.2, 0.25) is 0 Å². The standard InChI is InChI=1S/C19H18BrNO4/c1-3-23-15-7-5-13(6-8-15)11-18(22)25-19-16(20)9-14(12-21)10-17(19)24-4-2/h5-10H,3-4,11H2,1-2H3. The SMILES string of the molecule is CCOc1ccc(CC(=O)Oc2c(Br)cc(C#N)cc2OCC)cc1. The third-order valence-corrected chi connectivity index (χ3v) is 3.83. The molecule has 5 nitrogen and oxygen atoms in total. The van der Waals surface area contributed by atoms with Crippen molar-refractivity contribution >= 4 is 21.9 Å². The summed E-state index contributed by atoms with van der Waals surface area (Å²) in [5, 5.41) is 9.04. The summed E-state index contributed by atoms with van der Waals surface area (Å²) in [6.45, 7) is 4.72. The van der Waals surface area contributed by atoms with Crippen molar-refractivity contribution in [2.45, 2.75) is 20.3 Å². The molecule has 0 aromatic heterocycles. The topological polar surface area (TPSA) is 68.5 Å². The molecule has 0 bridgehead atoms. The molecule has 0 unspecified atom stereocenters. The number of hydrogen-bond donors (Lipinski definition) is 0. The van der Waals surface area contributed by atoms with Gasteiger partial charge in [-0.1, -0.05) is 12.1 Å². The van der Waals surface area contributed by atoms with Gasteiger partial charge in [-0.05, 0) is 53.5 Å². The van der Waals surface area contributed by atoms with Crippen molar-refractivity contribution in [3.05, 3.63) is 52.0 Å². The molecule has 2 rings (SSSR count). The summed E-state index contributed by atoms with van der Waals surface area (Å²) < 4.78 is 16.8. The van der Waals surface area contributed by atoms with Gasteiger partial charge < -0.3 is 14.2 Å². The molecule has 0 amide bonds. The summed E-state index contributed by atoms with van der Waals surface area (Å²) >= 11 is 3.32. The molecule has 0 aliphatic carbocycles. The van der Waals surface area contributed by atoms with Crippen LogP contribution in [0.15, 0.2) is 40.9 Å². The Bertz CT molecular complexity index is 781. The number of carbonyl (C=O) groups is 1. The Hall–Kier alpha value is -2.52. The van der Waals surface area contributed by atoms with E-state index in [0.717, 1.165) is 11.3 Å². The Morgan fingerprint density at radius 2 is 1.80 bits per heavy atom. The number of nitrogens with zero attached hydrogens (tertiary/aromatic N) is 1. The Labute approximate surface area is 155 Å². The number of benzene rings is 2. The van der Waals surface area contributed by atoms with E-state index < -0.39 is 5.97 Å². The molecule has 0 fully saturated rings. The van der Waals surface area contributed by atoms with Gasteiger partial charge in [0.25, 0.3) is 0 Å². The second-order valence-electron chi connectivity index (χ2n) is 5.06. The highest BCUT2D eigenvalue weighted by atomic mass is 79.9. The van der Waals surface area contributed by atoms with Crippen molar-refractivity contribution in [1.29, 1.82) is 5.26 Å². The van der Waals surface area contributed by atoms with Crippen LogP contribution in [0.3, 0.4) is 0 Å². The van der Waals surface area contributed by atoms with E-state index in [2.05, 4.69) is 15.9 Å². The molecular formula is C19H18BrNO4. The summed E-state index contributed by atoms with van der Waals surface area (Å²) in [7, 11) is 0. The number of ether oxygens (including phenoxy) is 3. The fourth-order valence-corrected chi connectivity index (χ4v) is 2.70. The smallest absolute Gasteiger partial charge is 0.315 e. The highest BCUT2D eigenvalue weighted by molar-refractivity contribution is 9.10. The molecule has 0 atom stereocenters. The van der Waals surface area contributed by atoms with Gasteiger partial charge in [0.2, 0.25) is 0 Å². The van der Waals surface area contributed by atoms with Gasteiger partial charge in [0.05, 0.1) is 35.7 Å². The first-order chi connectivity index (χ1) is 12.1. The molecule has 6 heteroatoms. The van der Waals surface area contributed by atoms with Crippen molar-refractivity contribution in [1.82, 2.24) is 0 Å². The van der Waals surface area contributed by atoms with E-state index >= 15 is 0 Å². The Balaban J connectivity index is 2.13. The number of halogens is 1. The van der Waals surface area contributed by atoms with Gasteiger partial charge in [-0.3, -0.25) is 4.79 Å². The van der Waals surface area contributed by atoms with Gasteiger partial charge in [-0.2, -0.15) is 5.26 Å². The van der Waals surface area contributed by atoms with Gasteiger partial charge in [-0.15, -0.1) is 0 Å². The van der Waals surface area contributed by atoms with Crippen LogP contribution in [0, 0.1) is 11.3 Å². The number of rotatable bonds is 7. The van der Waals surface area contributed by atoms with Crippen LogP contribution in [-0.2, 0) is 11.2 Å². The lowest BCUT2D eigenvalue weighted by Gasteiger charge is -2.13. The highest BCUT2D eigenvalue weighted by Crippen LogP contribution is 2.37. The lowest BCUT2D eigenvalue weighted by Crippen LogP contribution is -2.12. The molecule has 0 spiro atoms. The molecule has 0 aliphatic heterocycles. The molecule has 0 N–H and O–H groups in total. The molecule has 0 saturated carbocycles. The molecule has 0 aliphatic rings. The fourth-order valence-electron chi connectivity index (χ4n) is 2.18. The monoisotopic (exact) mass is 403 g/mol. The molecule has 0 saturated heterocycles. The molecule has 0 heterocycles. The molecule has 2 aromatic carbocycles. The van der Waals surface area contributed by atoms with Gasteiger partial charge in [0.15, 0.2) is 11.5 Å². The second-order valence-corrected chi connectivity index (χ2v) is 5.91. The lowest BCUT2D eigenvalue weighted by molar-refractivity contribution is -0.133. The minimum Gasteiger partial charge on any atom is -0.494 e. The van der Waals surface area contributed by atoms with Gasteiger partial charge in [0.1, 0.15) is 5.75 Å². The van der Waals surface area contributed by atoms with Crippen molar-refractivity contribution in [3.8, 4) is 23.3 Å². The maximum absolute atomic E-state index is 12.3. The Morgan fingerprint density at radius 3 is 2.40 bits per heavy atom. The molecule has 0 radical (unpaired) electrons. The Morgan fingerprint density at radius 1 is 1.12 bits per heavy atom. The van der Waals surface area contributed by atoms with E-state index in [1.165, 1.54) is 0 Å². The van der Waals surface area contributed by atoms with Crippen molar-refractivity contribution in [2.75, 3.05) is 13.2 Å². The van der Waals surface area contributed by atoms with E-state index in [1.807, 2.05) is 44.2 Å². The second kappa shape index (κ2) is 9.09. The summed E-state index contributed by atoms with van der Waals surface area (Å²) in [6.07, 6.45) is 0.115. The highest BCUT2D eigenvalue weighted by Gasteiger charge is 2.16. The van der Waals surface area contributed by atoms with Crippen LogP contribution in [0.25, 0.3) is 0 Å². The van der Waals surface area contributed by atoms with E-state index in [-0.39, 0.29) is 12.2 Å². The average Bonchev–Trinajstić information content (AvgIpc) is 2.60. The largest absolute Gasteiger partial charge is 0.494 e. The summed E-state index contributed by atoms with van der Waals surface area (Å²) in [6, 6.07) is 12.5. The summed E-state index contributed by atoms with van der Waals surface area (Å²) in [5.74, 6) is 0.967. The minimum absolute atomic E-state index is 0.115. The predicted octanol–water partition coefficient (Wildman–Crippen LogP) is 4.27. The molecule has 2 aromatic rings. The van der Waals surface area contributed by atoms with Crippen LogP contribution in [-0.4, -0.2) is 19.2 Å². The van der Waals surface area contributed by atoms with E-state index in [4.69, 9.17) is 19.5 Å². The van der Waals surface area contributed by atoms with Crippen LogP contribution < -0.4 is 14.2 Å². The van der Waals surface area contributed by atoms with Crippen LogP contribution in [0.5, 0.6) is 17.2 Å². The van der Waals surface area contributed by atoms with Crippen LogP contribution in [0.1, 0.15) is 25.0 Å². The predicted molar refractivity (Wildman–Crippen MR) is 97.0 cm³/mol. The molecule has 130 valence electrons. The van der Waals surface area contributed by atoms with Gasteiger partial charge in [-0.25, -0.2) is 0 Å². The zero-order valence-electron chi connectivity index (χ0n) is 14.0. The van der Waals surface area contributed by atoms with E-state index in [9.17, 15) is 4.79 Å². The van der Waals surface area contributed by atoms with Crippen molar-refractivity contribution < 1.29 is 19.0 Å². The zero-order chi connectivity index (χ0) is 18.2. The first-order valence-corrected chi connectivity index (χ1v) is 8.65.